The number of sulfone groups is 1. The molecule has 0 aromatic heterocycles. The molecule has 188 valence electrons. The molecular weight excluding hydrogens is 456 g/mol. The van der Waals surface area contributed by atoms with Gasteiger partial charge < -0.3 is 20.3 Å². The molecule has 0 saturated carbocycles. The number of carbonyl (C=O) groups excluding carboxylic acids is 1. The number of alkyl carbamates (subject to hydrolysis) is 1. The third-order valence-corrected chi connectivity index (χ3v) is 7.21. The standard InChI is InChI=1S/C25H36N2O6S/c1-22(2,3)32-18-25(29,34(30,31)20-15-11-8-12-16-20)24(26,17-19-13-9-7-10-14-19)27-21(28)33-23(4,5)6/h7-16,29H,17-18,26H2,1-6H3,(H,27,28)/t24-,25-/m0/s1. The minimum absolute atomic E-state index is 0.163. The zero-order chi connectivity index (χ0) is 25.8. The normalized spacial score (nSPS) is 16.2. The topological polar surface area (TPSA) is 128 Å². The first-order chi connectivity index (χ1) is 15.5. The maximum atomic E-state index is 13.9. The van der Waals surface area contributed by atoms with E-state index in [2.05, 4.69) is 5.32 Å². The number of nitrogens with one attached hydrogen (secondary N) is 1. The van der Waals surface area contributed by atoms with Gasteiger partial charge in [-0.1, -0.05) is 48.5 Å². The van der Waals surface area contributed by atoms with Gasteiger partial charge >= 0.3 is 6.09 Å². The number of hydrogen-bond acceptors (Lipinski definition) is 7. The fraction of sp³-hybridized carbons (Fsp3) is 0.480. The first kappa shape index (κ1) is 27.8. The van der Waals surface area contributed by atoms with E-state index >= 15 is 0 Å². The second-order valence-electron chi connectivity index (χ2n) is 10.3. The number of benzene rings is 2. The first-order valence-corrected chi connectivity index (χ1v) is 12.5. The number of carbonyl (C=O) groups is 1. The predicted octanol–water partition coefficient (Wildman–Crippen LogP) is 3.39. The molecule has 2 rings (SSSR count). The second-order valence-corrected chi connectivity index (χ2v) is 12.4. The Morgan fingerprint density at radius 2 is 1.41 bits per heavy atom. The van der Waals surface area contributed by atoms with Crippen molar-refractivity contribution in [1.82, 2.24) is 5.32 Å². The van der Waals surface area contributed by atoms with Crippen LogP contribution in [-0.4, -0.2) is 48.0 Å². The number of hydrogen-bond donors (Lipinski definition) is 3. The van der Waals surface area contributed by atoms with Gasteiger partial charge in [0.1, 0.15) is 11.3 Å². The summed E-state index contributed by atoms with van der Waals surface area (Å²) in [5, 5.41) is 14.4. The predicted molar refractivity (Wildman–Crippen MR) is 131 cm³/mol. The molecule has 9 heteroatoms. The maximum absolute atomic E-state index is 13.9. The number of nitrogens with two attached hydrogens (primary N) is 1. The van der Waals surface area contributed by atoms with Gasteiger partial charge in [0.05, 0.1) is 17.1 Å². The number of aliphatic hydroxyl groups is 1. The van der Waals surface area contributed by atoms with Crippen molar-refractivity contribution in [3.63, 3.8) is 0 Å². The lowest BCUT2D eigenvalue weighted by Crippen LogP contribution is -2.76. The third-order valence-electron chi connectivity index (χ3n) is 4.95. The van der Waals surface area contributed by atoms with E-state index in [0.29, 0.717) is 5.56 Å². The van der Waals surface area contributed by atoms with Crippen LogP contribution in [0.2, 0.25) is 0 Å². The summed E-state index contributed by atoms with van der Waals surface area (Å²) in [7, 11) is -4.55. The highest BCUT2D eigenvalue weighted by Gasteiger charge is 2.59. The van der Waals surface area contributed by atoms with Gasteiger partial charge in [-0.3, -0.25) is 5.32 Å². The summed E-state index contributed by atoms with van der Waals surface area (Å²) >= 11 is 0. The molecule has 0 aliphatic rings. The van der Waals surface area contributed by atoms with Crippen LogP contribution in [0.15, 0.2) is 65.6 Å². The van der Waals surface area contributed by atoms with Crippen molar-refractivity contribution in [3.05, 3.63) is 66.2 Å². The molecule has 0 heterocycles. The van der Waals surface area contributed by atoms with Gasteiger partial charge in [-0.2, -0.15) is 0 Å². The van der Waals surface area contributed by atoms with E-state index in [1.54, 1.807) is 77.9 Å². The Balaban J connectivity index is 2.69. The van der Waals surface area contributed by atoms with Crippen molar-refractivity contribution in [3.8, 4) is 0 Å². The van der Waals surface area contributed by atoms with E-state index in [-0.39, 0.29) is 11.3 Å². The minimum atomic E-state index is -4.55. The van der Waals surface area contributed by atoms with E-state index in [4.69, 9.17) is 15.2 Å². The van der Waals surface area contributed by atoms with Crippen molar-refractivity contribution in [2.24, 2.45) is 5.73 Å². The van der Waals surface area contributed by atoms with E-state index in [9.17, 15) is 18.3 Å². The molecule has 0 bridgehead atoms. The van der Waals surface area contributed by atoms with Crippen LogP contribution in [0, 0.1) is 0 Å². The molecule has 0 unspecified atom stereocenters. The Bertz CT molecular complexity index is 1060. The van der Waals surface area contributed by atoms with E-state index in [0.717, 1.165) is 0 Å². The summed E-state index contributed by atoms with van der Waals surface area (Å²) in [6, 6.07) is 16.2. The molecular formula is C25H36N2O6S. The average molecular weight is 493 g/mol. The van der Waals surface area contributed by atoms with Gasteiger partial charge in [-0.25, -0.2) is 13.2 Å². The largest absolute Gasteiger partial charge is 0.444 e. The molecule has 4 N–H and O–H groups in total. The van der Waals surface area contributed by atoms with E-state index in [1.807, 2.05) is 0 Å². The summed E-state index contributed by atoms with van der Waals surface area (Å²) in [5.41, 5.74) is 3.35. The summed E-state index contributed by atoms with van der Waals surface area (Å²) in [6.07, 6.45) is -1.19. The molecule has 0 saturated heterocycles. The van der Waals surface area contributed by atoms with Crippen LogP contribution in [0.3, 0.4) is 0 Å². The number of amides is 1. The quantitative estimate of drug-likeness (QED) is 0.482. The highest BCUT2D eigenvalue weighted by atomic mass is 32.2. The SMILES string of the molecule is CC(C)(C)OC[C@@](O)([C@](N)(Cc1ccccc1)NC(=O)OC(C)(C)C)S(=O)(=O)c1ccccc1. The van der Waals surface area contributed by atoms with Gasteiger partial charge in [-0.05, 0) is 59.2 Å². The average Bonchev–Trinajstić information content (AvgIpc) is 2.71. The Morgan fingerprint density at radius 3 is 1.88 bits per heavy atom. The van der Waals surface area contributed by atoms with Crippen molar-refractivity contribution in [1.29, 1.82) is 0 Å². The van der Waals surface area contributed by atoms with Crippen molar-refractivity contribution < 1.29 is 27.8 Å². The number of ether oxygens (including phenoxy) is 2. The van der Waals surface area contributed by atoms with Gasteiger partial charge in [0, 0.05) is 6.42 Å². The smallest absolute Gasteiger partial charge is 0.409 e. The van der Waals surface area contributed by atoms with E-state index in [1.165, 1.54) is 24.3 Å². The lowest BCUT2D eigenvalue weighted by molar-refractivity contribution is -0.0968. The van der Waals surface area contributed by atoms with Crippen LogP contribution in [-0.2, 0) is 25.7 Å². The molecule has 2 aromatic rings. The Hall–Kier alpha value is -2.46. The van der Waals surface area contributed by atoms with Crippen molar-refractivity contribution in [2.75, 3.05) is 6.61 Å². The molecule has 34 heavy (non-hydrogen) atoms. The lowest BCUT2D eigenvalue weighted by Gasteiger charge is -2.45. The summed E-state index contributed by atoms with van der Waals surface area (Å²) in [5.74, 6) is 0. The lowest BCUT2D eigenvalue weighted by atomic mass is 9.94. The Kier molecular flexibility index (Phi) is 8.20. The van der Waals surface area contributed by atoms with Gasteiger partial charge in [0.2, 0.25) is 14.8 Å². The maximum Gasteiger partial charge on any atom is 0.409 e. The van der Waals surface area contributed by atoms with Crippen LogP contribution < -0.4 is 11.1 Å². The van der Waals surface area contributed by atoms with Gasteiger partial charge in [-0.15, -0.1) is 0 Å². The second kappa shape index (κ2) is 10.0. The summed E-state index contributed by atoms with van der Waals surface area (Å²) in [6.45, 7) is 9.46. The molecule has 8 nitrogen and oxygen atoms in total. The molecule has 0 aliphatic carbocycles. The van der Waals surface area contributed by atoms with Crippen molar-refractivity contribution >= 4 is 15.9 Å². The molecule has 0 spiro atoms. The molecule has 0 aliphatic heterocycles. The number of rotatable bonds is 8. The first-order valence-electron chi connectivity index (χ1n) is 11.0. The molecule has 2 aromatic carbocycles. The van der Waals surface area contributed by atoms with Crippen LogP contribution >= 0.6 is 0 Å². The molecule has 0 fully saturated rings. The van der Waals surface area contributed by atoms with Crippen molar-refractivity contribution in [2.45, 2.75) is 74.7 Å². The Labute approximate surface area is 202 Å². The monoisotopic (exact) mass is 492 g/mol. The molecule has 2 atom stereocenters. The fourth-order valence-corrected chi connectivity index (χ4v) is 4.96. The fourth-order valence-electron chi connectivity index (χ4n) is 3.24. The van der Waals surface area contributed by atoms with Gasteiger partial charge in [0.15, 0.2) is 0 Å². The highest BCUT2D eigenvalue weighted by molar-refractivity contribution is 7.92. The Morgan fingerprint density at radius 1 is 0.912 bits per heavy atom. The zero-order valence-corrected chi connectivity index (χ0v) is 21.5. The third kappa shape index (κ3) is 6.79. The van der Waals surface area contributed by atoms with Crippen LogP contribution in [0.1, 0.15) is 47.1 Å². The summed E-state index contributed by atoms with van der Waals surface area (Å²) < 4.78 is 38.9. The van der Waals surface area contributed by atoms with E-state index < -0.39 is 44.3 Å². The minimum Gasteiger partial charge on any atom is -0.444 e. The summed E-state index contributed by atoms with van der Waals surface area (Å²) in [4.78, 5) is 9.89. The van der Waals surface area contributed by atoms with Crippen LogP contribution in [0.4, 0.5) is 4.79 Å². The van der Waals surface area contributed by atoms with Crippen LogP contribution in [0.25, 0.3) is 0 Å². The van der Waals surface area contributed by atoms with Crippen LogP contribution in [0.5, 0.6) is 0 Å². The van der Waals surface area contributed by atoms with Gasteiger partial charge in [0.25, 0.3) is 0 Å². The zero-order valence-electron chi connectivity index (χ0n) is 20.7. The molecule has 0 radical (unpaired) electrons. The highest BCUT2D eigenvalue weighted by Crippen LogP contribution is 2.35. The molecule has 1 amide bonds.